The first-order chi connectivity index (χ1) is 12.9. The highest BCUT2D eigenvalue weighted by Crippen LogP contribution is 2.31. The van der Waals surface area contributed by atoms with Crippen molar-refractivity contribution < 1.29 is 19.1 Å². The van der Waals surface area contributed by atoms with E-state index in [0.717, 1.165) is 16.9 Å². The normalized spacial score (nSPS) is 15.3. The van der Waals surface area contributed by atoms with Crippen molar-refractivity contribution >= 4 is 11.7 Å². The van der Waals surface area contributed by atoms with Crippen molar-refractivity contribution in [2.45, 2.75) is 32.8 Å². The zero-order chi connectivity index (χ0) is 19.4. The van der Waals surface area contributed by atoms with E-state index in [1.807, 2.05) is 56.3 Å². The van der Waals surface area contributed by atoms with Crippen molar-refractivity contribution in [1.82, 2.24) is 4.90 Å². The number of carbonyl (C=O) groups excluding carboxylic acids is 2. The Labute approximate surface area is 159 Å². The summed E-state index contributed by atoms with van der Waals surface area (Å²) in [5, 5.41) is 0. The Morgan fingerprint density at radius 3 is 2.52 bits per heavy atom. The van der Waals surface area contributed by atoms with Gasteiger partial charge in [-0.05, 0) is 43.2 Å². The minimum absolute atomic E-state index is 0.00831. The third-order valence-electron chi connectivity index (χ3n) is 4.87. The van der Waals surface area contributed by atoms with E-state index in [2.05, 4.69) is 0 Å². The van der Waals surface area contributed by atoms with Crippen LogP contribution in [0.2, 0.25) is 0 Å². The number of rotatable bonds is 6. The second kappa shape index (κ2) is 8.25. The van der Waals surface area contributed by atoms with E-state index in [0.29, 0.717) is 24.5 Å². The molecule has 0 N–H and O–H groups in total. The Balaban J connectivity index is 1.49. The average Bonchev–Trinajstić information content (AvgIpc) is 2.67. The summed E-state index contributed by atoms with van der Waals surface area (Å²) in [5.74, 6) is 1.34. The van der Waals surface area contributed by atoms with Crippen LogP contribution >= 0.6 is 0 Å². The molecule has 0 fully saturated rings. The molecule has 0 aromatic heterocycles. The molecule has 5 nitrogen and oxygen atoms in total. The van der Waals surface area contributed by atoms with E-state index in [1.54, 1.807) is 11.9 Å². The maximum atomic E-state index is 12.4. The first-order valence-electron chi connectivity index (χ1n) is 9.17. The van der Waals surface area contributed by atoms with Crippen LogP contribution in [0.1, 0.15) is 34.3 Å². The Hall–Kier alpha value is -2.82. The van der Waals surface area contributed by atoms with Gasteiger partial charge in [-0.3, -0.25) is 9.59 Å². The number of carbonyl (C=O) groups is 2. The lowest BCUT2D eigenvalue weighted by Gasteiger charge is -2.29. The molecule has 5 heteroatoms. The van der Waals surface area contributed by atoms with Gasteiger partial charge in [-0.25, -0.2) is 0 Å². The summed E-state index contributed by atoms with van der Waals surface area (Å²) >= 11 is 0. The smallest absolute Gasteiger partial charge is 0.222 e. The number of Topliss-reactive ketones (excluding diaryl/α,β-unsaturated/α-hetero) is 1. The fraction of sp³-hybridized carbons (Fsp3) is 0.364. The van der Waals surface area contributed by atoms with Gasteiger partial charge in [0.1, 0.15) is 6.61 Å². The third-order valence-corrected chi connectivity index (χ3v) is 4.87. The fourth-order valence-corrected chi connectivity index (χ4v) is 3.03. The number of para-hydroxylation sites is 2. The van der Waals surface area contributed by atoms with Crippen LogP contribution in [0.25, 0.3) is 0 Å². The highest BCUT2D eigenvalue weighted by molar-refractivity contribution is 5.98. The van der Waals surface area contributed by atoms with Gasteiger partial charge < -0.3 is 14.4 Å². The Morgan fingerprint density at radius 1 is 1.04 bits per heavy atom. The lowest BCUT2D eigenvalue weighted by molar-refractivity contribution is -0.131. The number of likely N-dealkylation sites (N-methyl/N-ethyl adjacent to an activating group) is 1. The van der Waals surface area contributed by atoms with Crippen LogP contribution in [0.5, 0.6) is 11.5 Å². The van der Waals surface area contributed by atoms with Crippen molar-refractivity contribution in [3.05, 3.63) is 59.2 Å². The SMILES string of the molecule is Cc1ccc(C(=O)CCC(=O)N(C)C[C@@H]2COc3ccccc3O2)cc1C. The van der Waals surface area contributed by atoms with Crippen molar-refractivity contribution in [2.24, 2.45) is 0 Å². The number of benzene rings is 2. The molecule has 0 aliphatic carbocycles. The number of hydrogen-bond acceptors (Lipinski definition) is 4. The standard InChI is InChI=1S/C22H25NO4/c1-15-8-9-17(12-16(15)2)19(24)10-11-22(25)23(3)13-18-14-26-20-6-4-5-7-21(20)27-18/h4-9,12,18H,10-11,13-14H2,1-3H3/t18-/m1/s1. The van der Waals surface area contributed by atoms with Gasteiger partial charge in [-0.15, -0.1) is 0 Å². The molecule has 142 valence electrons. The van der Waals surface area contributed by atoms with Crippen molar-refractivity contribution in [3.8, 4) is 11.5 Å². The summed E-state index contributed by atoms with van der Waals surface area (Å²) in [6.45, 7) is 4.81. The quantitative estimate of drug-likeness (QED) is 0.733. The molecule has 1 aliphatic rings. The predicted octanol–water partition coefficient (Wildman–Crippen LogP) is 3.56. The van der Waals surface area contributed by atoms with Crippen molar-refractivity contribution in [1.29, 1.82) is 0 Å². The largest absolute Gasteiger partial charge is 0.486 e. The van der Waals surface area contributed by atoms with E-state index in [4.69, 9.17) is 9.47 Å². The van der Waals surface area contributed by atoms with Crippen LogP contribution in [0.15, 0.2) is 42.5 Å². The maximum absolute atomic E-state index is 12.4. The number of aryl methyl sites for hydroxylation is 2. The number of ketones is 1. The van der Waals surface area contributed by atoms with Crippen LogP contribution < -0.4 is 9.47 Å². The summed E-state index contributed by atoms with van der Waals surface area (Å²) in [6, 6.07) is 13.1. The van der Waals surface area contributed by atoms with Gasteiger partial charge in [-0.2, -0.15) is 0 Å². The Kier molecular flexibility index (Phi) is 5.79. The minimum Gasteiger partial charge on any atom is -0.486 e. The van der Waals surface area contributed by atoms with Gasteiger partial charge in [0.2, 0.25) is 5.91 Å². The topological polar surface area (TPSA) is 55.8 Å². The molecule has 0 saturated carbocycles. The lowest BCUT2D eigenvalue weighted by Crippen LogP contribution is -2.41. The molecule has 0 unspecified atom stereocenters. The van der Waals surface area contributed by atoms with Gasteiger partial charge in [0.05, 0.1) is 6.54 Å². The number of ether oxygens (including phenoxy) is 2. The van der Waals surface area contributed by atoms with Crippen LogP contribution in [-0.4, -0.2) is 42.9 Å². The van der Waals surface area contributed by atoms with E-state index in [1.165, 1.54) is 0 Å². The number of hydrogen-bond donors (Lipinski definition) is 0. The molecule has 0 bridgehead atoms. The van der Waals surface area contributed by atoms with E-state index >= 15 is 0 Å². The van der Waals surface area contributed by atoms with Crippen LogP contribution in [0, 0.1) is 13.8 Å². The van der Waals surface area contributed by atoms with Gasteiger partial charge in [-0.1, -0.05) is 24.3 Å². The van der Waals surface area contributed by atoms with Gasteiger partial charge >= 0.3 is 0 Å². The molecular weight excluding hydrogens is 342 g/mol. The molecule has 3 rings (SSSR count). The van der Waals surface area contributed by atoms with E-state index in [-0.39, 0.29) is 30.6 Å². The monoisotopic (exact) mass is 367 g/mol. The molecule has 1 heterocycles. The second-order valence-electron chi connectivity index (χ2n) is 6.99. The second-order valence-corrected chi connectivity index (χ2v) is 6.99. The molecule has 2 aromatic carbocycles. The van der Waals surface area contributed by atoms with Crippen LogP contribution in [0.4, 0.5) is 0 Å². The molecule has 1 aliphatic heterocycles. The molecule has 1 atom stereocenters. The first-order valence-corrected chi connectivity index (χ1v) is 9.17. The van der Waals surface area contributed by atoms with Gasteiger partial charge in [0, 0.05) is 25.5 Å². The molecule has 27 heavy (non-hydrogen) atoms. The molecule has 0 radical (unpaired) electrons. The highest BCUT2D eigenvalue weighted by Gasteiger charge is 2.24. The summed E-state index contributed by atoms with van der Waals surface area (Å²) in [7, 11) is 1.73. The summed E-state index contributed by atoms with van der Waals surface area (Å²) in [4.78, 5) is 26.4. The lowest BCUT2D eigenvalue weighted by atomic mass is 10.0. The third kappa shape index (κ3) is 4.67. The molecular formula is C22H25NO4. The molecule has 2 aromatic rings. The Morgan fingerprint density at radius 2 is 1.78 bits per heavy atom. The van der Waals surface area contributed by atoms with Crippen LogP contribution in [0.3, 0.4) is 0 Å². The van der Waals surface area contributed by atoms with Gasteiger partial charge in [0.25, 0.3) is 0 Å². The average molecular weight is 367 g/mol. The number of fused-ring (bicyclic) bond motifs is 1. The summed E-state index contributed by atoms with van der Waals surface area (Å²) < 4.78 is 11.6. The Bertz CT molecular complexity index is 846. The molecule has 0 saturated heterocycles. The summed E-state index contributed by atoms with van der Waals surface area (Å²) in [6.07, 6.45) is 0.174. The van der Waals surface area contributed by atoms with Gasteiger partial charge in [0.15, 0.2) is 23.4 Å². The summed E-state index contributed by atoms with van der Waals surface area (Å²) in [5.41, 5.74) is 2.90. The van der Waals surface area contributed by atoms with Crippen LogP contribution in [-0.2, 0) is 4.79 Å². The fourth-order valence-electron chi connectivity index (χ4n) is 3.03. The maximum Gasteiger partial charge on any atom is 0.222 e. The molecule has 0 spiro atoms. The van der Waals surface area contributed by atoms with Crippen molar-refractivity contribution in [3.63, 3.8) is 0 Å². The zero-order valence-corrected chi connectivity index (χ0v) is 16.0. The molecule has 1 amide bonds. The zero-order valence-electron chi connectivity index (χ0n) is 16.0. The van der Waals surface area contributed by atoms with Crippen molar-refractivity contribution in [2.75, 3.05) is 20.2 Å². The van der Waals surface area contributed by atoms with E-state index < -0.39 is 0 Å². The highest BCUT2D eigenvalue weighted by atomic mass is 16.6. The predicted molar refractivity (Wildman–Crippen MR) is 103 cm³/mol. The first kappa shape index (κ1) is 19.0. The van der Waals surface area contributed by atoms with E-state index in [9.17, 15) is 9.59 Å². The number of nitrogens with zero attached hydrogens (tertiary/aromatic N) is 1. The number of amides is 1. The minimum atomic E-state index is -0.218.